The molecule has 4 amide bonds. The standard InChI is InChI=1S/C33H59N7O18P2/c1-22-24(38-32(44)37-22)7-3-2-4-8-26(41)36-11-13-53-15-17-55-19-18-54-16-14-52-12-9-27(42)35-10-5-6-23-20-40(33(45)39-30(23)34)31-28(43)29(58-60(49,50)51)25(57-31)21-56-59(46,47)48/h20,22,24-25,28-29,31,43H,2-19,21H2,1H3,(H,35,42)(H,36,41)(H2,34,39,45)(H2,37,38,44)(H2,46,47,48)(H2,49,50,51)/t22-,24+,25+,28?,29?,31+/m0/s1. The minimum absolute atomic E-state index is 0.0165. The fourth-order valence-electron chi connectivity index (χ4n) is 6.10. The third-order valence-corrected chi connectivity index (χ3v) is 10.1. The number of ether oxygens (including phenoxy) is 5. The average molecular weight is 904 g/mol. The Bertz CT molecular complexity index is 1650. The number of hydrogen-bond donors (Lipinski definition) is 10. The minimum Gasteiger partial charge on any atom is -0.386 e. The Balaban J connectivity index is 1.16. The Kier molecular flexibility index (Phi) is 22.5. The number of aryl methyl sites for hydroxylation is 1. The van der Waals surface area contributed by atoms with Crippen LogP contribution in [0.25, 0.3) is 0 Å². The molecule has 0 radical (unpaired) electrons. The number of unbranched alkanes of at least 4 members (excludes halogenated alkanes) is 2. The molecule has 60 heavy (non-hydrogen) atoms. The quantitative estimate of drug-likeness (QED) is 0.0294. The maximum Gasteiger partial charge on any atom is 0.470 e. The molecular weight excluding hydrogens is 844 g/mol. The van der Waals surface area contributed by atoms with E-state index >= 15 is 0 Å². The molecule has 1 aromatic rings. The van der Waals surface area contributed by atoms with E-state index in [1.807, 2.05) is 6.92 Å². The van der Waals surface area contributed by atoms with Crippen LogP contribution in [0.15, 0.2) is 11.0 Å². The number of nitrogen functional groups attached to an aromatic ring is 1. The van der Waals surface area contributed by atoms with Gasteiger partial charge in [-0.2, -0.15) is 4.98 Å². The Morgan fingerprint density at radius 3 is 2.08 bits per heavy atom. The Morgan fingerprint density at radius 1 is 0.850 bits per heavy atom. The van der Waals surface area contributed by atoms with Crippen LogP contribution >= 0.6 is 15.6 Å². The topological polar surface area (TPSA) is 360 Å². The summed E-state index contributed by atoms with van der Waals surface area (Å²) in [6.07, 6.45) is -1.20. The van der Waals surface area contributed by atoms with Gasteiger partial charge in [-0.15, -0.1) is 0 Å². The maximum absolute atomic E-state index is 12.6. The summed E-state index contributed by atoms with van der Waals surface area (Å²) in [6, 6.07) is 0.139. The van der Waals surface area contributed by atoms with Crippen LogP contribution < -0.4 is 32.7 Å². The number of phosphoric acid groups is 2. The normalized spacial score (nSPS) is 21.8. The summed E-state index contributed by atoms with van der Waals surface area (Å²) in [5.74, 6) is -0.442. The Hall–Kier alpha value is -3.13. The number of nitrogens with one attached hydrogen (secondary N) is 4. The molecule has 0 bridgehead atoms. The highest BCUT2D eigenvalue weighted by atomic mass is 31.2. The second kappa shape index (κ2) is 26.4. The van der Waals surface area contributed by atoms with Gasteiger partial charge in [-0.25, -0.2) is 18.7 Å². The van der Waals surface area contributed by atoms with E-state index in [2.05, 4.69) is 35.3 Å². The molecule has 6 atom stereocenters. The molecule has 2 aliphatic heterocycles. The molecule has 0 aliphatic carbocycles. The third kappa shape index (κ3) is 20.2. The Labute approximate surface area is 346 Å². The van der Waals surface area contributed by atoms with E-state index in [0.717, 1.165) is 30.3 Å². The van der Waals surface area contributed by atoms with E-state index in [1.54, 1.807) is 0 Å². The number of aliphatic hydroxyl groups excluding tert-OH is 1. The van der Waals surface area contributed by atoms with E-state index in [-0.39, 0.29) is 68.3 Å². The highest BCUT2D eigenvalue weighted by molar-refractivity contribution is 7.46. The number of rotatable bonds is 31. The lowest BCUT2D eigenvalue weighted by molar-refractivity contribution is -0.122. The van der Waals surface area contributed by atoms with Gasteiger partial charge in [-0.05, 0) is 32.6 Å². The minimum atomic E-state index is -5.24. The molecule has 3 heterocycles. The van der Waals surface area contributed by atoms with Crippen LogP contribution in [-0.4, -0.2) is 155 Å². The molecule has 2 aliphatic rings. The van der Waals surface area contributed by atoms with Gasteiger partial charge in [0.1, 0.15) is 24.1 Å². The summed E-state index contributed by atoms with van der Waals surface area (Å²) in [6.45, 7) is 4.21. The highest BCUT2D eigenvalue weighted by Crippen LogP contribution is 2.45. The van der Waals surface area contributed by atoms with Crippen LogP contribution in [0.1, 0.15) is 63.7 Å². The lowest BCUT2D eigenvalue weighted by atomic mass is 10.0. The first-order valence-corrected chi connectivity index (χ1v) is 22.6. The van der Waals surface area contributed by atoms with Crippen LogP contribution in [0.2, 0.25) is 0 Å². The van der Waals surface area contributed by atoms with E-state index < -0.39 is 52.5 Å². The van der Waals surface area contributed by atoms with Gasteiger partial charge < -0.3 is 75.4 Å². The van der Waals surface area contributed by atoms with Gasteiger partial charge in [-0.3, -0.25) is 23.2 Å². The molecule has 25 nitrogen and oxygen atoms in total. The van der Waals surface area contributed by atoms with E-state index in [4.69, 9.17) is 39.2 Å². The zero-order valence-electron chi connectivity index (χ0n) is 33.4. The maximum atomic E-state index is 12.6. The van der Waals surface area contributed by atoms with Crippen molar-refractivity contribution in [2.24, 2.45) is 0 Å². The molecule has 3 rings (SSSR count). The number of nitrogens with zero attached hydrogens (tertiary/aromatic N) is 2. The fraction of sp³-hybridized carbons (Fsp3) is 0.788. The molecule has 2 fully saturated rings. The zero-order chi connectivity index (χ0) is 44.1. The van der Waals surface area contributed by atoms with Gasteiger partial charge in [0.05, 0.1) is 65.5 Å². The van der Waals surface area contributed by atoms with Gasteiger partial charge in [0.15, 0.2) is 6.23 Å². The largest absolute Gasteiger partial charge is 0.470 e. The number of nitrogens with two attached hydrogens (primary N) is 1. The van der Waals surface area contributed by atoms with Crippen LogP contribution in [0.3, 0.4) is 0 Å². The molecular formula is C33H59N7O18P2. The molecule has 0 spiro atoms. The number of urea groups is 1. The zero-order valence-corrected chi connectivity index (χ0v) is 35.2. The van der Waals surface area contributed by atoms with Crippen molar-refractivity contribution < 1.29 is 80.9 Å². The average Bonchev–Trinajstić information content (AvgIpc) is 3.65. The van der Waals surface area contributed by atoms with Crippen molar-refractivity contribution in [2.75, 3.05) is 78.3 Å². The van der Waals surface area contributed by atoms with Gasteiger partial charge in [0.2, 0.25) is 11.8 Å². The van der Waals surface area contributed by atoms with Gasteiger partial charge in [-0.1, -0.05) is 12.8 Å². The molecule has 344 valence electrons. The number of carbonyl (C=O) groups excluding carboxylic acids is 3. The van der Waals surface area contributed by atoms with Crippen LogP contribution in [0.4, 0.5) is 10.6 Å². The highest BCUT2D eigenvalue weighted by Gasteiger charge is 2.49. The number of carbonyl (C=O) groups is 3. The van der Waals surface area contributed by atoms with E-state index in [9.17, 15) is 43.2 Å². The molecule has 2 unspecified atom stereocenters. The van der Waals surface area contributed by atoms with Crippen molar-refractivity contribution >= 4 is 39.3 Å². The molecule has 2 saturated heterocycles. The van der Waals surface area contributed by atoms with Crippen molar-refractivity contribution in [3.8, 4) is 0 Å². The lowest BCUT2D eigenvalue weighted by Gasteiger charge is -2.21. The van der Waals surface area contributed by atoms with Crippen LogP contribution in [-0.2, 0) is 57.9 Å². The third-order valence-electron chi connectivity index (χ3n) is 9.11. The second-order valence-corrected chi connectivity index (χ2v) is 16.3. The van der Waals surface area contributed by atoms with Crippen molar-refractivity contribution in [3.05, 3.63) is 22.2 Å². The number of phosphoric ester groups is 2. The summed E-state index contributed by atoms with van der Waals surface area (Å²) in [5, 5.41) is 22.0. The van der Waals surface area contributed by atoms with Gasteiger partial charge in [0, 0.05) is 43.7 Å². The summed E-state index contributed by atoms with van der Waals surface area (Å²) in [4.78, 5) is 88.4. The first-order valence-electron chi connectivity index (χ1n) is 19.5. The van der Waals surface area contributed by atoms with Gasteiger partial charge in [0.25, 0.3) is 0 Å². The number of hydrogen-bond acceptors (Lipinski definition) is 16. The summed E-state index contributed by atoms with van der Waals surface area (Å²) < 4.78 is 59.6. The van der Waals surface area contributed by atoms with Gasteiger partial charge >= 0.3 is 27.4 Å². The predicted octanol–water partition coefficient (Wildman–Crippen LogP) is -1.69. The van der Waals surface area contributed by atoms with Crippen LogP contribution in [0, 0.1) is 0 Å². The lowest BCUT2D eigenvalue weighted by Crippen LogP contribution is -2.38. The van der Waals surface area contributed by atoms with E-state index in [0.29, 0.717) is 64.6 Å². The molecule has 27 heteroatoms. The number of aliphatic hydroxyl groups is 1. The molecule has 0 aromatic carbocycles. The smallest absolute Gasteiger partial charge is 0.386 e. The van der Waals surface area contributed by atoms with Crippen LogP contribution in [0.5, 0.6) is 0 Å². The van der Waals surface area contributed by atoms with Crippen molar-refractivity contribution in [3.63, 3.8) is 0 Å². The van der Waals surface area contributed by atoms with E-state index in [1.165, 1.54) is 6.20 Å². The molecule has 11 N–H and O–H groups in total. The number of amides is 4. The van der Waals surface area contributed by atoms with Crippen molar-refractivity contribution in [1.82, 2.24) is 30.8 Å². The summed E-state index contributed by atoms with van der Waals surface area (Å²) >= 11 is 0. The van der Waals surface area contributed by atoms with Crippen molar-refractivity contribution in [1.29, 1.82) is 0 Å². The molecule has 0 saturated carbocycles. The first-order chi connectivity index (χ1) is 28.4. The second-order valence-electron chi connectivity index (χ2n) is 13.9. The monoisotopic (exact) mass is 903 g/mol. The Morgan fingerprint density at radius 2 is 1.47 bits per heavy atom. The van der Waals surface area contributed by atoms with Crippen molar-refractivity contribution in [2.45, 2.75) is 94.9 Å². The number of aromatic nitrogens is 2. The SMILES string of the molecule is C[C@@H]1NC(=O)N[C@@H]1CCCCCC(=O)NCCOCCOCCOCCOCCC(=O)NCCCc1cn([C@@H]2O[C@H](COP(=O)(O)O)C(OP(=O)(O)O)C2O)c(=O)nc1N. The summed E-state index contributed by atoms with van der Waals surface area (Å²) in [7, 11) is -10.3. The predicted molar refractivity (Wildman–Crippen MR) is 208 cm³/mol. The first kappa shape index (κ1) is 51.2. The summed E-state index contributed by atoms with van der Waals surface area (Å²) in [5.41, 5.74) is 5.20. The number of anilines is 1. The fourth-order valence-corrected chi connectivity index (χ4v) is 7.02. The molecule has 1 aromatic heterocycles.